The number of hydrogen-bond acceptors (Lipinski definition) is 2. The first-order chi connectivity index (χ1) is 8.61. The van der Waals surface area contributed by atoms with Gasteiger partial charge in [-0.05, 0) is 36.1 Å². The van der Waals surface area contributed by atoms with Crippen molar-refractivity contribution in [2.24, 2.45) is 0 Å². The molecule has 0 aliphatic carbocycles. The lowest BCUT2D eigenvalue weighted by atomic mass is 10.00. The van der Waals surface area contributed by atoms with E-state index < -0.39 is 0 Å². The van der Waals surface area contributed by atoms with Gasteiger partial charge in [0.25, 0.3) is 0 Å². The quantitative estimate of drug-likeness (QED) is 0.839. The molecule has 1 N–H and O–H groups in total. The summed E-state index contributed by atoms with van der Waals surface area (Å²) in [5.74, 6) is 0.313. The number of hydrogen-bond donors (Lipinski definition) is 1. The van der Waals surface area contributed by atoms with E-state index in [9.17, 15) is 4.79 Å². The lowest BCUT2D eigenvalue weighted by Gasteiger charge is -2.06. The van der Waals surface area contributed by atoms with Crippen LogP contribution in [0.5, 0.6) is 0 Å². The van der Waals surface area contributed by atoms with Crippen molar-refractivity contribution in [3.05, 3.63) is 35.5 Å². The summed E-state index contributed by atoms with van der Waals surface area (Å²) in [6, 6.07) is 6.35. The molecule has 96 valence electrons. The van der Waals surface area contributed by atoms with Crippen molar-refractivity contribution in [3.8, 4) is 0 Å². The molecule has 0 fully saturated rings. The molecule has 0 atom stereocenters. The van der Waals surface area contributed by atoms with Crippen LogP contribution in [0.15, 0.2) is 24.4 Å². The first-order valence-corrected chi connectivity index (χ1v) is 6.37. The monoisotopic (exact) mass is 245 g/mol. The average Bonchev–Trinajstić information content (AvgIpc) is 2.72. The molecule has 1 aromatic heterocycles. The fraction of sp³-hybridized carbons (Fsp3) is 0.400. The third-order valence-electron chi connectivity index (χ3n) is 3.10. The molecule has 0 spiro atoms. The van der Waals surface area contributed by atoms with Gasteiger partial charge in [-0.1, -0.05) is 19.9 Å². The van der Waals surface area contributed by atoms with E-state index in [4.69, 9.17) is 4.74 Å². The van der Waals surface area contributed by atoms with Crippen LogP contribution in [-0.2, 0) is 16.0 Å². The summed E-state index contributed by atoms with van der Waals surface area (Å²) >= 11 is 0. The number of rotatable bonds is 4. The number of nitrogens with one attached hydrogen (secondary N) is 1. The summed E-state index contributed by atoms with van der Waals surface area (Å²) in [5.41, 5.74) is 3.36. The number of H-pyrrole nitrogens is 1. The van der Waals surface area contributed by atoms with Crippen LogP contribution in [0.25, 0.3) is 10.9 Å². The van der Waals surface area contributed by atoms with E-state index in [1.165, 1.54) is 5.56 Å². The van der Waals surface area contributed by atoms with Gasteiger partial charge >= 0.3 is 5.97 Å². The van der Waals surface area contributed by atoms with E-state index in [0.717, 1.165) is 16.5 Å². The number of aromatic nitrogens is 1. The van der Waals surface area contributed by atoms with Crippen LogP contribution >= 0.6 is 0 Å². The highest BCUT2D eigenvalue weighted by Gasteiger charge is 2.10. The summed E-state index contributed by atoms with van der Waals surface area (Å²) in [4.78, 5) is 14.7. The molecule has 0 radical (unpaired) electrons. The maximum atomic E-state index is 11.5. The zero-order chi connectivity index (χ0) is 13.1. The van der Waals surface area contributed by atoms with Crippen LogP contribution in [-0.4, -0.2) is 17.6 Å². The van der Waals surface area contributed by atoms with Gasteiger partial charge in [0.15, 0.2) is 0 Å². The first-order valence-electron chi connectivity index (χ1n) is 6.37. The second-order valence-corrected chi connectivity index (χ2v) is 4.76. The van der Waals surface area contributed by atoms with Gasteiger partial charge < -0.3 is 9.72 Å². The molecule has 0 bridgehead atoms. The minimum Gasteiger partial charge on any atom is -0.466 e. The van der Waals surface area contributed by atoms with E-state index in [1.54, 1.807) is 0 Å². The second-order valence-electron chi connectivity index (χ2n) is 4.76. The second kappa shape index (κ2) is 5.25. The number of fused-ring (bicyclic) bond motifs is 1. The third-order valence-corrected chi connectivity index (χ3v) is 3.10. The molecule has 0 saturated carbocycles. The van der Waals surface area contributed by atoms with E-state index >= 15 is 0 Å². The average molecular weight is 245 g/mol. The third kappa shape index (κ3) is 2.55. The Labute approximate surface area is 107 Å². The van der Waals surface area contributed by atoms with Gasteiger partial charge in [0.1, 0.15) is 0 Å². The molecular weight excluding hydrogens is 226 g/mol. The molecule has 0 aliphatic rings. The summed E-state index contributed by atoms with van der Waals surface area (Å²) in [5, 5.41) is 1.12. The molecule has 0 saturated heterocycles. The van der Waals surface area contributed by atoms with E-state index in [2.05, 4.69) is 37.0 Å². The predicted molar refractivity (Wildman–Crippen MR) is 72.7 cm³/mol. The first kappa shape index (κ1) is 12.7. The number of aromatic amines is 1. The molecule has 18 heavy (non-hydrogen) atoms. The molecular formula is C15H19NO2. The number of ether oxygens (including phenoxy) is 1. The Balaban J connectivity index is 2.33. The molecule has 1 heterocycles. The SMILES string of the molecule is CCOC(=O)Cc1c[nH]c2ccc(C(C)C)cc12. The number of carbonyl (C=O) groups is 1. The minimum atomic E-state index is -0.173. The van der Waals surface area contributed by atoms with E-state index in [-0.39, 0.29) is 5.97 Å². The Morgan fingerprint density at radius 1 is 1.39 bits per heavy atom. The molecule has 2 aromatic rings. The van der Waals surface area contributed by atoms with Gasteiger partial charge in [-0.2, -0.15) is 0 Å². The standard InChI is InChI=1S/C15H19NO2/c1-4-18-15(17)8-12-9-16-14-6-5-11(10(2)3)7-13(12)14/h5-7,9-10,16H,4,8H2,1-3H3. The van der Waals surface area contributed by atoms with Crippen molar-refractivity contribution in [2.45, 2.75) is 33.1 Å². The Kier molecular flexibility index (Phi) is 3.70. The molecule has 0 amide bonds. The summed E-state index contributed by atoms with van der Waals surface area (Å²) < 4.78 is 4.99. The van der Waals surface area contributed by atoms with Gasteiger partial charge in [-0.3, -0.25) is 4.79 Å². The Morgan fingerprint density at radius 3 is 2.83 bits per heavy atom. The molecule has 0 aliphatic heterocycles. The molecule has 1 aromatic carbocycles. The minimum absolute atomic E-state index is 0.173. The van der Waals surface area contributed by atoms with Gasteiger partial charge in [-0.25, -0.2) is 0 Å². The Bertz CT molecular complexity index is 555. The number of benzene rings is 1. The van der Waals surface area contributed by atoms with Crippen LogP contribution in [0.3, 0.4) is 0 Å². The lowest BCUT2D eigenvalue weighted by Crippen LogP contribution is -2.07. The van der Waals surface area contributed by atoms with E-state index in [0.29, 0.717) is 18.9 Å². The van der Waals surface area contributed by atoms with Crippen molar-refractivity contribution in [2.75, 3.05) is 6.61 Å². The van der Waals surface area contributed by atoms with Crippen molar-refractivity contribution < 1.29 is 9.53 Å². The van der Waals surface area contributed by atoms with Gasteiger partial charge in [0, 0.05) is 17.1 Å². The largest absolute Gasteiger partial charge is 0.466 e. The summed E-state index contributed by atoms with van der Waals surface area (Å²) in [7, 11) is 0. The van der Waals surface area contributed by atoms with Crippen LogP contribution < -0.4 is 0 Å². The highest BCUT2D eigenvalue weighted by molar-refractivity contribution is 5.87. The van der Waals surface area contributed by atoms with Crippen molar-refractivity contribution >= 4 is 16.9 Å². The zero-order valence-corrected chi connectivity index (χ0v) is 11.1. The summed E-state index contributed by atoms with van der Waals surface area (Å²) in [6.07, 6.45) is 2.22. The smallest absolute Gasteiger partial charge is 0.310 e. The summed E-state index contributed by atoms with van der Waals surface area (Å²) in [6.45, 7) is 6.58. The highest BCUT2D eigenvalue weighted by Crippen LogP contribution is 2.24. The fourth-order valence-corrected chi connectivity index (χ4v) is 2.07. The number of carbonyl (C=O) groups excluding carboxylic acids is 1. The van der Waals surface area contributed by atoms with Crippen molar-refractivity contribution in [1.82, 2.24) is 4.98 Å². The molecule has 3 heteroatoms. The topological polar surface area (TPSA) is 42.1 Å². The maximum absolute atomic E-state index is 11.5. The van der Waals surface area contributed by atoms with Crippen molar-refractivity contribution in [1.29, 1.82) is 0 Å². The van der Waals surface area contributed by atoms with Crippen LogP contribution in [0.2, 0.25) is 0 Å². The lowest BCUT2D eigenvalue weighted by molar-refractivity contribution is -0.142. The van der Waals surface area contributed by atoms with Crippen LogP contribution in [0, 0.1) is 0 Å². The molecule has 2 rings (SSSR count). The Hall–Kier alpha value is -1.77. The van der Waals surface area contributed by atoms with Crippen LogP contribution in [0.1, 0.15) is 37.8 Å². The molecule has 0 unspecified atom stereocenters. The highest BCUT2D eigenvalue weighted by atomic mass is 16.5. The number of esters is 1. The van der Waals surface area contributed by atoms with Gasteiger partial charge in [0.05, 0.1) is 13.0 Å². The van der Waals surface area contributed by atoms with Crippen LogP contribution in [0.4, 0.5) is 0 Å². The van der Waals surface area contributed by atoms with Gasteiger partial charge in [-0.15, -0.1) is 0 Å². The zero-order valence-electron chi connectivity index (χ0n) is 11.1. The van der Waals surface area contributed by atoms with E-state index in [1.807, 2.05) is 13.1 Å². The van der Waals surface area contributed by atoms with Gasteiger partial charge in [0.2, 0.25) is 0 Å². The predicted octanol–water partition coefficient (Wildman–Crippen LogP) is 3.40. The maximum Gasteiger partial charge on any atom is 0.310 e. The van der Waals surface area contributed by atoms with Crippen molar-refractivity contribution in [3.63, 3.8) is 0 Å². The molecule has 3 nitrogen and oxygen atoms in total. The normalized spacial score (nSPS) is 11.1. The fourth-order valence-electron chi connectivity index (χ4n) is 2.07. The Morgan fingerprint density at radius 2 is 2.17 bits per heavy atom.